The van der Waals surface area contributed by atoms with Gasteiger partial charge in [0.05, 0.1) is 18.1 Å². The van der Waals surface area contributed by atoms with Gasteiger partial charge in [-0.3, -0.25) is 0 Å². The Morgan fingerprint density at radius 2 is 1.73 bits per heavy atom. The largest absolute Gasteiger partial charge is 0.237 e. The molecule has 0 N–H and O–H groups in total. The van der Waals surface area contributed by atoms with Crippen LogP contribution in [0.2, 0.25) is 0 Å². The SMILES string of the molecule is [O]CCC1CCS(=O)(=O)CC1. The molecule has 0 aromatic rings. The van der Waals surface area contributed by atoms with E-state index < -0.39 is 9.84 Å². The predicted molar refractivity (Wildman–Crippen MR) is 41.5 cm³/mol. The van der Waals surface area contributed by atoms with E-state index >= 15 is 0 Å². The number of hydrogen-bond acceptors (Lipinski definition) is 2. The van der Waals surface area contributed by atoms with Gasteiger partial charge in [-0.25, -0.2) is 13.5 Å². The summed E-state index contributed by atoms with van der Waals surface area (Å²) < 4.78 is 21.8. The van der Waals surface area contributed by atoms with Gasteiger partial charge < -0.3 is 0 Å². The van der Waals surface area contributed by atoms with Gasteiger partial charge in [0.15, 0.2) is 0 Å². The fourth-order valence-electron chi connectivity index (χ4n) is 1.39. The second-order valence-corrected chi connectivity index (χ2v) is 5.39. The first-order chi connectivity index (χ1) is 5.14. The zero-order chi connectivity index (χ0) is 8.32. The topological polar surface area (TPSA) is 54.0 Å². The highest BCUT2D eigenvalue weighted by molar-refractivity contribution is 7.91. The molecule has 1 fully saturated rings. The van der Waals surface area contributed by atoms with Gasteiger partial charge in [-0.15, -0.1) is 0 Å². The highest BCUT2D eigenvalue weighted by Gasteiger charge is 2.22. The molecule has 0 aromatic heterocycles. The molecule has 0 aromatic carbocycles. The minimum Gasteiger partial charge on any atom is -0.237 e. The van der Waals surface area contributed by atoms with Gasteiger partial charge in [0, 0.05) is 0 Å². The Morgan fingerprint density at radius 3 is 2.18 bits per heavy atom. The maximum absolute atomic E-state index is 10.9. The van der Waals surface area contributed by atoms with Gasteiger partial charge in [-0.05, 0) is 25.2 Å². The van der Waals surface area contributed by atoms with Crippen LogP contribution in [-0.2, 0) is 14.9 Å². The van der Waals surface area contributed by atoms with Crippen molar-refractivity contribution >= 4 is 9.84 Å². The molecule has 0 aliphatic carbocycles. The lowest BCUT2D eigenvalue weighted by Crippen LogP contribution is -2.23. The van der Waals surface area contributed by atoms with Gasteiger partial charge in [-0.1, -0.05) is 0 Å². The zero-order valence-corrected chi connectivity index (χ0v) is 7.27. The molecule has 3 nitrogen and oxygen atoms in total. The number of hydrogen-bond donors (Lipinski definition) is 0. The second-order valence-electron chi connectivity index (χ2n) is 3.09. The van der Waals surface area contributed by atoms with Crippen molar-refractivity contribution in [1.82, 2.24) is 0 Å². The molecule has 11 heavy (non-hydrogen) atoms. The van der Waals surface area contributed by atoms with Crippen LogP contribution in [0.3, 0.4) is 0 Å². The molecule has 0 unspecified atom stereocenters. The van der Waals surface area contributed by atoms with Crippen molar-refractivity contribution in [2.24, 2.45) is 5.92 Å². The van der Waals surface area contributed by atoms with E-state index in [4.69, 9.17) is 0 Å². The molecule has 0 spiro atoms. The van der Waals surface area contributed by atoms with E-state index in [1.807, 2.05) is 0 Å². The molecule has 0 atom stereocenters. The lowest BCUT2D eigenvalue weighted by atomic mass is 10.00. The lowest BCUT2D eigenvalue weighted by molar-refractivity contribution is 0.167. The summed E-state index contributed by atoms with van der Waals surface area (Å²) in [5.74, 6) is 0.950. The molecule has 0 amide bonds. The molecule has 1 aliphatic heterocycles. The Kier molecular flexibility index (Phi) is 2.90. The Bertz CT molecular complexity index is 194. The van der Waals surface area contributed by atoms with Gasteiger partial charge in [0.2, 0.25) is 0 Å². The highest BCUT2D eigenvalue weighted by Crippen LogP contribution is 2.21. The molecule has 1 radical (unpaired) electrons. The summed E-state index contributed by atoms with van der Waals surface area (Å²) in [6.45, 7) is -0.0648. The Labute approximate surface area is 67.3 Å². The van der Waals surface area contributed by atoms with Crippen LogP contribution in [0.1, 0.15) is 19.3 Å². The van der Waals surface area contributed by atoms with Crippen molar-refractivity contribution < 1.29 is 13.5 Å². The molecule has 0 bridgehead atoms. The summed E-state index contributed by atoms with van der Waals surface area (Å²) in [6, 6.07) is 0. The average Bonchev–Trinajstić information content (AvgIpc) is 1.94. The second kappa shape index (κ2) is 3.54. The van der Waals surface area contributed by atoms with E-state index in [0.717, 1.165) is 0 Å². The first-order valence-electron chi connectivity index (χ1n) is 3.92. The first-order valence-corrected chi connectivity index (χ1v) is 5.75. The Morgan fingerprint density at radius 1 is 1.18 bits per heavy atom. The van der Waals surface area contributed by atoms with E-state index in [0.29, 0.717) is 25.2 Å². The summed E-state index contributed by atoms with van der Waals surface area (Å²) in [6.07, 6.45) is 2.05. The third-order valence-corrected chi connectivity index (χ3v) is 3.92. The van der Waals surface area contributed by atoms with Crippen LogP contribution in [0, 0.1) is 5.92 Å². The molecule has 1 saturated heterocycles. The van der Waals surface area contributed by atoms with Crippen LogP contribution in [0.4, 0.5) is 0 Å². The van der Waals surface area contributed by atoms with Crippen LogP contribution < -0.4 is 0 Å². The van der Waals surface area contributed by atoms with Crippen molar-refractivity contribution in [1.29, 1.82) is 0 Å². The van der Waals surface area contributed by atoms with E-state index in [2.05, 4.69) is 0 Å². The maximum atomic E-state index is 10.9. The fraction of sp³-hybridized carbons (Fsp3) is 1.00. The quantitative estimate of drug-likeness (QED) is 0.621. The first kappa shape index (κ1) is 9.00. The van der Waals surface area contributed by atoms with Crippen molar-refractivity contribution in [2.75, 3.05) is 18.1 Å². The van der Waals surface area contributed by atoms with Gasteiger partial charge >= 0.3 is 0 Å². The Hall–Kier alpha value is -0.0900. The van der Waals surface area contributed by atoms with Crippen LogP contribution in [0.5, 0.6) is 0 Å². The van der Waals surface area contributed by atoms with E-state index in [-0.39, 0.29) is 18.1 Å². The molecule has 1 rings (SSSR count). The van der Waals surface area contributed by atoms with Gasteiger partial charge in [0.25, 0.3) is 0 Å². The van der Waals surface area contributed by atoms with Crippen molar-refractivity contribution in [3.05, 3.63) is 0 Å². The standard InChI is InChI=1S/C7H13O3S/c8-4-1-7-2-5-11(9,10)6-3-7/h7H,1-6H2. The average molecular weight is 177 g/mol. The molecule has 1 aliphatic rings. The summed E-state index contributed by atoms with van der Waals surface area (Å²) in [4.78, 5) is 0. The molecule has 65 valence electrons. The zero-order valence-electron chi connectivity index (χ0n) is 6.45. The molecule has 0 saturated carbocycles. The highest BCUT2D eigenvalue weighted by atomic mass is 32.2. The number of rotatable bonds is 2. The van der Waals surface area contributed by atoms with Crippen LogP contribution in [0.25, 0.3) is 0 Å². The van der Waals surface area contributed by atoms with E-state index in [1.165, 1.54) is 0 Å². The number of sulfone groups is 1. The summed E-state index contributed by atoms with van der Waals surface area (Å²) in [7, 11) is -2.74. The monoisotopic (exact) mass is 177 g/mol. The van der Waals surface area contributed by atoms with Crippen molar-refractivity contribution in [3.63, 3.8) is 0 Å². The van der Waals surface area contributed by atoms with E-state index in [9.17, 15) is 13.5 Å². The minimum absolute atomic E-state index is 0.0648. The Balaban J connectivity index is 2.36. The van der Waals surface area contributed by atoms with Gasteiger partial charge in [-0.2, -0.15) is 0 Å². The molecular formula is C7H13O3S. The van der Waals surface area contributed by atoms with Crippen molar-refractivity contribution in [2.45, 2.75) is 19.3 Å². The van der Waals surface area contributed by atoms with E-state index in [1.54, 1.807) is 0 Å². The molecule has 1 heterocycles. The van der Waals surface area contributed by atoms with Crippen LogP contribution in [-0.4, -0.2) is 26.5 Å². The minimum atomic E-state index is -2.74. The smallest absolute Gasteiger partial charge is 0.150 e. The lowest BCUT2D eigenvalue weighted by Gasteiger charge is -2.20. The normalized spacial score (nSPS) is 25.2. The summed E-state index contributed by atoms with van der Waals surface area (Å²) in [5.41, 5.74) is 0. The molecule has 4 heteroatoms. The third-order valence-electron chi connectivity index (χ3n) is 2.20. The third kappa shape index (κ3) is 2.79. The van der Waals surface area contributed by atoms with Crippen molar-refractivity contribution in [3.8, 4) is 0 Å². The maximum Gasteiger partial charge on any atom is 0.150 e. The fourth-order valence-corrected chi connectivity index (χ4v) is 2.98. The predicted octanol–water partition coefficient (Wildman–Crippen LogP) is 0.632. The molecular weight excluding hydrogens is 164 g/mol. The van der Waals surface area contributed by atoms with Crippen LogP contribution in [0.15, 0.2) is 0 Å². The van der Waals surface area contributed by atoms with Gasteiger partial charge in [0.1, 0.15) is 9.84 Å². The van der Waals surface area contributed by atoms with Crippen LogP contribution >= 0.6 is 0 Å². The summed E-state index contributed by atoms with van der Waals surface area (Å²) >= 11 is 0. The summed E-state index contributed by atoms with van der Waals surface area (Å²) in [5, 5.41) is 10.2.